The quantitative estimate of drug-likeness (QED) is 0.884. The summed E-state index contributed by atoms with van der Waals surface area (Å²) in [5.41, 5.74) is 1.24. The molecule has 1 saturated heterocycles. The Kier molecular flexibility index (Phi) is 4.37. The van der Waals surface area contributed by atoms with Crippen molar-refractivity contribution in [1.82, 2.24) is 10.2 Å². The van der Waals surface area contributed by atoms with Gasteiger partial charge in [0.25, 0.3) is 0 Å². The summed E-state index contributed by atoms with van der Waals surface area (Å²) in [5.74, 6) is 0.570. The Morgan fingerprint density at radius 1 is 1.44 bits per heavy atom. The van der Waals surface area contributed by atoms with Crippen LogP contribution in [0.3, 0.4) is 0 Å². The molecule has 1 N–H and O–H groups in total. The van der Waals surface area contributed by atoms with E-state index < -0.39 is 0 Å². The largest absolute Gasteiger partial charge is 0.337 e. The number of amides is 1. The smallest absolute Gasteiger partial charge is 0.223 e. The number of nitrogens with zero attached hydrogens (tertiary/aromatic N) is 1. The second-order valence-corrected chi connectivity index (χ2v) is 5.16. The highest BCUT2D eigenvalue weighted by atomic mass is 16.2. The van der Waals surface area contributed by atoms with Gasteiger partial charge in [-0.1, -0.05) is 37.3 Å². The molecule has 1 aliphatic heterocycles. The number of rotatable bonds is 3. The molecule has 2 rings (SSSR count). The number of carbonyl (C=O) groups is 1. The number of piperazine rings is 1. The van der Waals surface area contributed by atoms with E-state index in [1.54, 1.807) is 0 Å². The molecule has 3 nitrogen and oxygen atoms in total. The first kappa shape index (κ1) is 13.1. The summed E-state index contributed by atoms with van der Waals surface area (Å²) in [7, 11) is 0. The Hall–Kier alpha value is -1.35. The molecule has 1 heterocycles. The summed E-state index contributed by atoms with van der Waals surface area (Å²) >= 11 is 0. The van der Waals surface area contributed by atoms with Crippen molar-refractivity contribution < 1.29 is 4.79 Å². The Bertz CT molecular complexity index is 391. The summed E-state index contributed by atoms with van der Waals surface area (Å²) in [6, 6.07) is 10.6. The van der Waals surface area contributed by atoms with E-state index in [9.17, 15) is 4.79 Å². The molecule has 3 heteroatoms. The van der Waals surface area contributed by atoms with E-state index in [1.165, 1.54) is 5.56 Å². The molecular weight excluding hydrogens is 224 g/mol. The van der Waals surface area contributed by atoms with Gasteiger partial charge in [0.2, 0.25) is 5.91 Å². The van der Waals surface area contributed by atoms with E-state index >= 15 is 0 Å². The van der Waals surface area contributed by atoms with Crippen LogP contribution in [0, 0.1) is 0 Å². The summed E-state index contributed by atoms with van der Waals surface area (Å²) in [6.07, 6.45) is 0.606. The van der Waals surface area contributed by atoms with E-state index in [4.69, 9.17) is 0 Å². The van der Waals surface area contributed by atoms with E-state index in [0.29, 0.717) is 18.4 Å². The van der Waals surface area contributed by atoms with Gasteiger partial charge < -0.3 is 10.2 Å². The molecule has 2 atom stereocenters. The number of hydrogen-bond donors (Lipinski definition) is 1. The van der Waals surface area contributed by atoms with E-state index in [0.717, 1.165) is 19.6 Å². The third-order valence-electron chi connectivity index (χ3n) is 3.67. The van der Waals surface area contributed by atoms with Crippen LogP contribution in [-0.2, 0) is 4.79 Å². The zero-order chi connectivity index (χ0) is 13.0. The minimum atomic E-state index is 0.278. The van der Waals surface area contributed by atoms with E-state index in [-0.39, 0.29) is 5.91 Å². The van der Waals surface area contributed by atoms with Crippen LogP contribution in [0.15, 0.2) is 30.3 Å². The second-order valence-electron chi connectivity index (χ2n) is 5.16. The first-order valence-corrected chi connectivity index (χ1v) is 6.73. The van der Waals surface area contributed by atoms with Crippen LogP contribution in [0.1, 0.15) is 31.7 Å². The zero-order valence-electron chi connectivity index (χ0n) is 11.2. The number of hydrogen-bond acceptors (Lipinski definition) is 2. The van der Waals surface area contributed by atoms with Crippen LogP contribution in [0.4, 0.5) is 0 Å². The Labute approximate surface area is 109 Å². The first-order chi connectivity index (χ1) is 8.68. The average Bonchev–Trinajstić information content (AvgIpc) is 2.40. The third-order valence-corrected chi connectivity index (χ3v) is 3.67. The molecular formula is C15H22N2O. The predicted molar refractivity (Wildman–Crippen MR) is 73.5 cm³/mol. The van der Waals surface area contributed by atoms with Crippen molar-refractivity contribution in [3.05, 3.63) is 35.9 Å². The van der Waals surface area contributed by atoms with Gasteiger partial charge in [0, 0.05) is 32.1 Å². The first-order valence-electron chi connectivity index (χ1n) is 6.73. The van der Waals surface area contributed by atoms with Crippen LogP contribution < -0.4 is 5.32 Å². The lowest BCUT2D eigenvalue weighted by Crippen LogP contribution is -2.52. The van der Waals surface area contributed by atoms with Crippen molar-refractivity contribution in [3.63, 3.8) is 0 Å². The molecule has 1 aromatic carbocycles. The van der Waals surface area contributed by atoms with Gasteiger partial charge in [-0.25, -0.2) is 0 Å². The van der Waals surface area contributed by atoms with Gasteiger partial charge in [0.15, 0.2) is 0 Å². The summed E-state index contributed by atoms with van der Waals surface area (Å²) in [4.78, 5) is 14.3. The topological polar surface area (TPSA) is 32.3 Å². The monoisotopic (exact) mass is 246 g/mol. The fraction of sp³-hybridized carbons (Fsp3) is 0.533. The fourth-order valence-electron chi connectivity index (χ4n) is 2.49. The van der Waals surface area contributed by atoms with Gasteiger partial charge in [-0.2, -0.15) is 0 Å². The van der Waals surface area contributed by atoms with Crippen LogP contribution in [0.25, 0.3) is 0 Å². The third kappa shape index (κ3) is 3.10. The summed E-state index contributed by atoms with van der Waals surface area (Å²) in [5, 5.41) is 3.31. The van der Waals surface area contributed by atoms with Gasteiger partial charge in [0.1, 0.15) is 0 Å². The van der Waals surface area contributed by atoms with Crippen molar-refractivity contribution >= 4 is 5.91 Å². The van der Waals surface area contributed by atoms with Crippen LogP contribution >= 0.6 is 0 Å². The molecule has 0 bridgehead atoms. The Balaban J connectivity index is 1.94. The lowest BCUT2D eigenvalue weighted by atomic mass is 9.97. The van der Waals surface area contributed by atoms with Crippen molar-refractivity contribution in [2.75, 3.05) is 19.6 Å². The Morgan fingerprint density at radius 2 is 2.17 bits per heavy atom. The SMILES string of the molecule is CC(CC(=O)N1CCNCC1C)c1ccccc1. The van der Waals surface area contributed by atoms with Gasteiger partial charge in [-0.3, -0.25) is 4.79 Å². The maximum Gasteiger partial charge on any atom is 0.223 e. The fourth-order valence-corrected chi connectivity index (χ4v) is 2.49. The lowest BCUT2D eigenvalue weighted by molar-refractivity contribution is -0.134. The standard InChI is InChI=1S/C15H22N2O/c1-12(14-6-4-3-5-7-14)10-15(18)17-9-8-16-11-13(17)2/h3-7,12-13,16H,8-11H2,1-2H3. The maximum atomic E-state index is 12.3. The average molecular weight is 246 g/mol. The minimum Gasteiger partial charge on any atom is -0.337 e. The highest BCUT2D eigenvalue weighted by Gasteiger charge is 2.24. The summed E-state index contributed by atoms with van der Waals surface area (Å²) < 4.78 is 0. The Morgan fingerprint density at radius 3 is 2.83 bits per heavy atom. The molecule has 0 aliphatic carbocycles. The van der Waals surface area contributed by atoms with E-state index in [2.05, 4.69) is 31.3 Å². The molecule has 98 valence electrons. The van der Waals surface area contributed by atoms with Crippen molar-refractivity contribution in [2.45, 2.75) is 32.2 Å². The van der Waals surface area contributed by atoms with E-state index in [1.807, 2.05) is 23.1 Å². The molecule has 0 spiro atoms. The molecule has 1 amide bonds. The summed E-state index contributed by atoms with van der Waals surface area (Å²) in [6.45, 7) is 6.89. The molecule has 18 heavy (non-hydrogen) atoms. The molecule has 0 radical (unpaired) electrons. The number of nitrogens with one attached hydrogen (secondary N) is 1. The molecule has 1 aliphatic rings. The van der Waals surface area contributed by atoms with Gasteiger partial charge in [-0.15, -0.1) is 0 Å². The van der Waals surface area contributed by atoms with Crippen molar-refractivity contribution in [1.29, 1.82) is 0 Å². The normalized spacial score (nSPS) is 21.7. The molecule has 1 aromatic rings. The van der Waals surface area contributed by atoms with Crippen LogP contribution in [0.5, 0.6) is 0 Å². The van der Waals surface area contributed by atoms with Crippen LogP contribution in [-0.4, -0.2) is 36.5 Å². The molecule has 2 unspecified atom stereocenters. The molecule has 1 fully saturated rings. The van der Waals surface area contributed by atoms with Gasteiger partial charge >= 0.3 is 0 Å². The van der Waals surface area contributed by atoms with Crippen molar-refractivity contribution in [3.8, 4) is 0 Å². The highest BCUT2D eigenvalue weighted by Crippen LogP contribution is 2.20. The van der Waals surface area contributed by atoms with Gasteiger partial charge in [-0.05, 0) is 18.4 Å². The maximum absolute atomic E-state index is 12.3. The predicted octanol–water partition coefficient (Wildman–Crippen LogP) is 2.00. The van der Waals surface area contributed by atoms with Crippen molar-refractivity contribution in [2.24, 2.45) is 0 Å². The van der Waals surface area contributed by atoms with Gasteiger partial charge in [0.05, 0.1) is 0 Å². The lowest BCUT2D eigenvalue weighted by Gasteiger charge is -2.34. The molecule has 0 saturated carbocycles. The number of benzene rings is 1. The zero-order valence-corrected chi connectivity index (χ0v) is 11.2. The second kappa shape index (κ2) is 6.01. The minimum absolute atomic E-state index is 0.278. The van der Waals surface area contributed by atoms with Crippen LogP contribution in [0.2, 0.25) is 0 Å². The highest BCUT2D eigenvalue weighted by molar-refractivity contribution is 5.77. The number of carbonyl (C=O) groups excluding carboxylic acids is 1. The molecule has 0 aromatic heterocycles.